The summed E-state index contributed by atoms with van der Waals surface area (Å²) in [6.45, 7) is 5.43. The Labute approximate surface area is 245 Å². The molecule has 0 bridgehead atoms. The highest BCUT2D eigenvalue weighted by molar-refractivity contribution is 6.04. The van der Waals surface area contributed by atoms with Gasteiger partial charge in [0.1, 0.15) is 0 Å². The van der Waals surface area contributed by atoms with Crippen LogP contribution in [-0.2, 0) is 0 Å². The van der Waals surface area contributed by atoms with E-state index in [4.69, 9.17) is 5.73 Å². The van der Waals surface area contributed by atoms with Crippen molar-refractivity contribution in [2.24, 2.45) is 11.7 Å². The lowest BCUT2D eigenvalue weighted by atomic mass is 9.97. The van der Waals surface area contributed by atoms with Crippen molar-refractivity contribution in [3.63, 3.8) is 0 Å². The molecule has 1 saturated heterocycles. The number of anilines is 1. The van der Waals surface area contributed by atoms with E-state index in [-0.39, 0.29) is 11.9 Å². The Morgan fingerprint density at radius 1 is 0.878 bits per heavy atom. The molecule has 1 unspecified atom stereocenters. The molecule has 3 aromatic carbocycles. The number of likely N-dealkylation sites (tertiary alicyclic amines) is 1. The molecule has 0 aliphatic carbocycles. The third kappa shape index (κ3) is 8.67. The number of urea groups is 1. The third-order valence-electron chi connectivity index (χ3n) is 8.18. The summed E-state index contributed by atoms with van der Waals surface area (Å²) in [5.74, 6) is 0.450. The van der Waals surface area contributed by atoms with Gasteiger partial charge in [-0.25, -0.2) is 4.79 Å². The molecule has 3 aromatic rings. The summed E-state index contributed by atoms with van der Waals surface area (Å²) in [4.78, 5) is 29.6. The van der Waals surface area contributed by atoms with Crippen LogP contribution in [0, 0.1) is 5.92 Å². The van der Waals surface area contributed by atoms with Gasteiger partial charge in [0.15, 0.2) is 0 Å². The molecular weight excluding hydrogens is 508 g/mol. The summed E-state index contributed by atoms with van der Waals surface area (Å²) >= 11 is 0. The number of para-hydroxylation sites is 1. The quantitative estimate of drug-likeness (QED) is 0.196. The van der Waals surface area contributed by atoms with Crippen LogP contribution in [0.2, 0.25) is 0 Å². The summed E-state index contributed by atoms with van der Waals surface area (Å²) < 4.78 is 0. The number of nitrogens with zero attached hydrogens (tertiary/aromatic N) is 2. The van der Waals surface area contributed by atoms with Gasteiger partial charge >= 0.3 is 6.03 Å². The molecule has 41 heavy (non-hydrogen) atoms. The van der Waals surface area contributed by atoms with Crippen molar-refractivity contribution in [2.75, 3.05) is 31.1 Å². The highest BCUT2D eigenvalue weighted by atomic mass is 16.2. The van der Waals surface area contributed by atoms with Gasteiger partial charge in [-0.1, -0.05) is 105 Å². The van der Waals surface area contributed by atoms with Gasteiger partial charge < -0.3 is 11.1 Å². The number of primary amides is 1. The zero-order chi connectivity index (χ0) is 28.9. The topological polar surface area (TPSA) is 78.7 Å². The predicted octanol–water partition coefficient (Wildman–Crippen LogP) is 7.16. The van der Waals surface area contributed by atoms with Crippen LogP contribution in [0.25, 0.3) is 0 Å². The van der Waals surface area contributed by atoms with Crippen molar-refractivity contribution in [1.82, 2.24) is 10.2 Å². The fourth-order valence-electron chi connectivity index (χ4n) is 6.03. The zero-order valence-corrected chi connectivity index (χ0v) is 24.5. The monoisotopic (exact) mass is 554 g/mol. The van der Waals surface area contributed by atoms with Crippen molar-refractivity contribution in [3.05, 3.63) is 102 Å². The summed E-state index contributed by atoms with van der Waals surface area (Å²) in [5, 5.41) is 3.10. The number of rotatable bonds is 15. The smallest absolute Gasteiger partial charge is 0.319 e. The predicted molar refractivity (Wildman–Crippen MR) is 168 cm³/mol. The number of benzene rings is 3. The van der Waals surface area contributed by atoms with E-state index in [2.05, 4.69) is 77.8 Å². The zero-order valence-electron chi connectivity index (χ0n) is 24.5. The standard InChI is InChI=1S/C35H46N4O2/c1-2-3-4-5-14-25-39(35(36)41)32-22-13-12-21-31(32)34(40)37-24-15-16-28-23-26-38(27-28)33(29-17-8-6-9-18-29)30-19-10-7-11-20-30/h6-13,17-22,28,33H,2-5,14-16,23-27H2,1H3,(H2,36,41)(H,37,40). The Bertz CT molecular complexity index is 1180. The number of nitrogens with two attached hydrogens (primary N) is 1. The van der Waals surface area contributed by atoms with Gasteiger partial charge in [0.05, 0.1) is 17.3 Å². The van der Waals surface area contributed by atoms with Gasteiger partial charge in [-0.05, 0) is 61.4 Å². The van der Waals surface area contributed by atoms with E-state index in [9.17, 15) is 9.59 Å². The number of nitrogens with one attached hydrogen (secondary N) is 1. The van der Waals surface area contributed by atoms with Crippen LogP contribution < -0.4 is 16.0 Å². The minimum absolute atomic E-state index is 0.154. The SMILES string of the molecule is CCCCCCCN(C(N)=O)c1ccccc1C(=O)NCCCC1CCN(C(c2ccccc2)c2ccccc2)C1. The van der Waals surface area contributed by atoms with E-state index in [0.29, 0.717) is 30.3 Å². The molecule has 1 heterocycles. The number of amides is 3. The molecule has 3 amide bonds. The van der Waals surface area contributed by atoms with Gasteiger partial charge in [-0.15, -0.1) is 0 Å². The van der Waals surface area contributed by atoms with Crippen molar-refractivity contribution < 1.29 is 9.59 Å². The van der Waals surface area contributed by atoms with Crippen LogP contribution in [0.15, 0.2) is 84.9 Å². The molecular formula is C35H46N4O2. The summed E-state index contributed by atoms with van der Waals surface area (Å²) in [7, 11) is 0. The average Bonchev–Trinajstić information content (AvgIpc) is 3.46. The van der Waals surface area contributed by atoms with Gasteiger partial charge in [-0.2, -0.15) is 0 Å². The highest BCUT2D eigenvalue weighted by Gasteiger charge is 2.30. The maximum Gasteiger partial charge on any atom is 0.319 e. The summed E-state index contributed by atoms with van der Waals surface area (Å²) in [6.07, 6.45) is 8.57. The van der Waals surface area contributed by atoms with Crippen LogP contribution in [0.4, 0.5) is 10.5 Å². The third-order valence-corrected chi connectivity index (χ3v) is 8.18. The van der Waals surface area contributed by atoms with Gasteiger partial charge in [-0.3, -0.25) is 14.6 Å². The average molecular weight is 555 g/mol. The lowest BCUT2D eigenvalue weighted by Gasteiger charge is -2.29. The molecule has 1 atom stereocenters. The number of unbranched alkanes of at least 4 members (excludes halogenated alkanes) is 4. The van der Waals surface area contributed by atoms with Crippen LogP contribution >= 0.6 is 0 Å². The fraction of sp³-hybridized carbons (Fsp3) is 0.429. The van der Waals surface area contributed by atoms with Crippen LogP contribution in [0.5, 0.6) is 0 Å². The van der Waals surface area contributed by atoms with E-state index in [1.165, 1.54) is 30.4 Å². The second-order valence-electron chi connectivity index (χ2n) is 11.2. The van der Waals surface area contributed by atoms with E-state index in [1.807, 2.05) is 18.2 Å². The molecule has 6 nitrogen and oxygen atoms in total. The number of carbonyl (C=O) groups is 2. The molecule has 0 radical (unpaired) electrons. The molecule has 0 aromatic heterocycles. The first-order valence-corrected chi connectivity index (χ1v) is 15.4. The van der Waals surface area contributed by atoms with Crippen molar-refractivity contribution in [3.8, 4) is 0 Å². The molecule has 1 fully saturated rings. The second-order valence-corrected chi connectivity index (χ2v) is 11.2. The normalized spacial score (nSPS) is 15.2. The van der Waals surface area contributed by atoms with E-state index >= 15 is 0 Å². The lowest BCUT2D eigenvalue weighted by Crippen LogP contribution is -2.38. The molecule has 0 saturated carbocycles. The molecule has 4 rings (SSSR count). The number of hydrogen-bond donors (Lipinski definition) is 2. The van der Waals surface area contributed by atoms with Gasteiger partial charge in [0, 0.05) is 19.6 Å². The molecule has 6 heteroatoms. The Morgan fingerprint density at radius 2 is 1.51 bits per heavy atom. The maximum atomic E-state index is 13.2. The van der Waals surface area contributed by atoms with E-state index in [1.54, 1.807) is 11.0 Å². The number of hydrogen-bond acceptors (Lipinski definition) is 3. The first-order valence-electron chi connectivity index (χ1n) is 15.4. The molecule has 1 aliphatic rings. The van der Waals surface area contributed by atoms with E-state index in [0.717, 1.165) is 45.2 Å². The minimum Gasteiger partial charge on any atom is -0.352 e. The fourth-order valence-corrected chi connectivity index (χ4v) is 6.03. The molecule has 3 N–H and O–H groups in total. The first-order chi connectivity index (χ1) is 20.1. The van der Waals surface area contributed by atoms with Crippen molar-refractivity contribution >= 4 is 17.6 Å². The Hall–Kier alpha value is -3.64. The Morgan fingerprint density at radius 3 is 2.17 bits per heavy atom. The summed E-state index contributed by atoms with van der Waals surface area (Å²) in [6, 6.07) is 28.6. The molecule has 0 spiro atoms. The van der Waals surface area contributed by atoms with Crippen LogP contribution in [-0.4, -0.2) is 43.0 Å². The Kier molecular flexibility index (Phi) is 11.8. The Balaban J connectivity index is 1.29. The summed E-state index contributed by atoms with van der Waals surface area (Å²) in [5.41, 5.74) is 9.48. The van der Waals surface area contributed by atoms with Gasteiger partial charge in [0.2, 0.25) is 0 Å². The van der Waals surface area contributed by atoms with Crippen molar-refractivity contribution in [1.29, 1.82) is 0 Å². The first kappa shape index (κ1) is 30.3. The second kappa shape index (κ2) is 16.0. The molecule has 218 valence electrons. The number of carbonyl (C=O) groups excluding carboxylic acids is 2. The highest BCUT2D eigenvalue weighted by Crippen LogP contribution is 2.34. The van der Waals surface area contributed by atoms with Crippen molar-refractivity contribution in [2.45, 2.75) is 64.3 Å². The van der Waals surface area contributed by atoms with Crippen LogP contribution in [0.3, 0.4) is 0 Å². The van der Waals surface area contributed by atoms with Crippen LogP contribution in [0.1, 0.15) is 85.8 Å². The van der Waals surface area contributed by atoms with E-state index < -0.39 is 6.03 Å². The maximum absolute atomic E-state index is 13.2. The lowest BCUT2D eigenvalue weighted by molar-refractivity contribution is 0.0953. The largest absolute Gasteiger partial charge is 0.352 e. The molecule has 1 aliphatic heterocycles. The minimum atomic E-state index is -0.518. The van der Waals surface area contributed by atoms with Gasteiger partial charge in [0.25, 0.3) is 5.91 Å².